The van der Waals surface area contributed by atoms with Gasteiger partial charge in [-0.15, -0.1) is 0 Å². The molecule has 0 radical (unpaired) electrons. The van der Waals surface area contributed by atoms with E-state index in [0.717, 1.165) is 30.5 Å². The zero-order chi connectivity index (χ0) is 26.3. The molecule has 1 unspecified atom stereocenters. The first kappa shape index (κ1) is 25.6. The highest BCUT2D eigenvalue weighted by Gasteiger charge is 2.48. The molecule has 0 spiro atoms. The third-order valence-corrected chi connectivity index (χ3v) is 7.09. The first-order valence-electron chi connectivity index (χ1n) is 12.2. The van der Waals surface area contributed by atoms with Gasteiger partial charge >= 0.3 is 5.97 Å². The number of carboxylic acids is 1. The molecule has 2 aliphatic rings. The number of rotatable bonds is 5. The topological polar surface area (TPSA) is 141 Å². The molecule has 4 rings (SSSR count). The van der Waals surface area contributed by atoms with Gasteiger partial charge in [0.2, 0.25) is 0 Å². The molecule has 9 heteroatoms. The number of hydrogen-bond acceptors (Lipinski definition) is 6. The molecule has 1 saturated heterocycles. The summed E-state index contributed by atoms with van der Waals surface area (Å²) in [6.45, 7) is 9.88. The molecule has 0 aromatic carbocycles. The van der Waals surface area contributed by atoms with Crippen molar-refractivity contribution in [1.82, 2.24) is 15.0 Å². The number of aliphatic carboxylic acids is 1. The summed E-state index contributed by atoms with van der Waals surface area (Å²) in [5, 5.41) is 21.8. The zero-order valence-electron chi connectivity index (χ0n) is 21.4. The molecule has 2 aromatic rings. The van der Waals surface area contributed by atoms with Crippen molar-refractivity contribution in [3.63, 3.8) is 0 Å². The number of ether oxygens (including phenoxy) is 1. The Kier molecular flexibility index (Phi) is 6.52. The van der Waals surface area contributed by atoms with Gasteiger partial charge in [-0.25, -0.2) is 9.78 Å². The average molecular weight is 492 g/mol. The number of nitriles is 1. The molecule has 0 saturated carbocycles. The SMILES string of the molecule is CC1(C)CC=C(c2nc(C3CC(C)(C)O[C@@](C)(C(=O)O)C3)ccc2NC(=O)c2nc(C#N)c[nH]2)CC1. The predicted octanol–water partition coefficient (Wildman–Crippen LogP) is 5.04. The average Bonchev–Trinajstić information content (AvgIpc) is 3.28. The second-order valence-corrected chi connectivity index (χ2v) is 11.4. The minimum absolute atomic E-state index is 0.0451. The molecule has 190 valence electrons. The monoisotopic (exact) mass is 491 g/mol. The molecular weight excluding hydrogens is 458 g/mol. The Labute approximate surface area is 211 Å². The van der Waals surface area contributed by atoms with Gasteiger partial charge in [0, 0.05) is 17.8 Å². The van der Waals surface area contributed by atoms with E-state index in [-0.39, 0.29) is 22.9 Å². The fraction of sp³-hybridized carbons (Fsp3) is 0.519. The largest absolute Gasteiger partial charge is 0.479 e. The summed E-state index contributed by atoms with van der Waals surface area (Å²) >= 11 is 0. The smallest absolute Gasteiger partial charge is 0.335 e. The summed E-state index contributed by atoms with van der Waals surface area (Å²) in [5.74, 6) is -1.53. The Bertz CT molecular complexity index is 1270. The lowest BCUT2D eigenvalue weighted by atomic mass is 9.77. The number of carbonyl (C=O) groups is 2. The van der Waals surface area contributed by atoms with Crippen LogP contribution in [0.15, 0.2) is 24.4 Å². The molecule has 1 amide bonds. The van der Waals surface area contributed by atoms with Crippen molar-refractivity contribution in [2.45, 2.75) is 83.8 Å². The van der Waals surface area contributed by atoms with Crippen molar-refractivity contribution < 1.29 is 19.4 Å². The van der Waals surface area contributed by atoms with Crippen molar-refractivity contribution in [2.24, 2.45) is 5.41 Å². The summed E-state index contributed by atoms with van der Waals surface area (Å²) in [5.41, 5.74) is 1.46. The molecule has 3 heterocycles. The molecule has 1 aliphatic carbocycles. The van der Waals surface area contributed by atoms with E-state index in [1.807, 2.05) is 32.0 Å². The number of carbonyl (C=O) groups excluding carboxylic acids is 1. The number of nitrogens with zero attached hydrogens (tertiary/aromatic N) is 3. The van der Waals surface area contributed by atoms with Gasteiger partial charge in [0.1, 0.15) is 6.07 Å². The van der Waals surface area contributed by atoms with Gasteiger partial charge in [-0.05, 0) is 76.0 Å². The molecule has 36 heavy (non-hydrogen) atoms. The first-order valence-corrected chi connectivity index (χ1v) is 12.2. The third kappa shape index (κ3) is 5.34. The van der Waals surface area contributed by atoms with Crippen molar-refractivity contribution in [3.8, 4) is 6.07 Å². The highest BCUT2D eigenvalue weighted by molar-refractivity contribution is 6.03. The molecule has 0 bridgehead atoms. The maximum absolute atomic E-state index is 12.9. The lowest BCUT2D eigenvalue weighted by molar-refractivity contribution is -0.200. The highest BCUT2D eigenvalue weighted by Crippen LogP contribution is 2.45. The zero-order valence-corrected chi connectivity index (χ0v) is 21.4. The Morgan fingerprint density at radius 2 is 1.94 bits per heavy atom. The lowest BCUT2D eigenvalue weighted by Crippen LogP contribution is -2.51. The summed E-state index contributed by atoms with van der Waals surface area (Å²) in [6, 6.07) is 5.58. The van der Waals surface area contributed by atoms with Crippen molar-refractivity contribution in [3.05, 3.63) is 47.3 Å². The number of hydrogen-bond donors (Lipinski definition) is 3. The number of amides is 1. The highest BCUT2D eigenvalue weighted by atomic mass is 16.5. The van der Waals surface area contributed by atoms with E-state index in [1.54, 1.807) is 6.92 Å². The van der Waals surface area contributed by atoms with Crippen LogP contribution in [0.5, 0.6) is 0 Å². The number of anilines is 1. The van der Waals surface area contributed by atoms with Gasteiger partial charge in [0.05, 0.1) is 17.0 Å². The van der Waals surface area contributed by atoms with Gasteiger partial charge in [0.25, 0.3) is 5.91 Å². The van der Waals surface area contributed by atoms with Gasteiger partial charge in [0.15, 0.2) is 17.1 Å². The number of carboxylic acid groups (broad SMARTS) is 1. The Morgan fingerprint density at radius 1 is 1.19 bits per heavy atom. The Hall–Kier alpha value is -3.51. The normalized spacial score (nSPS) is 24.9. The van der Waals surface area contributed by atoms with Crippen LogP contribution < -0.4 is 5.32 Å². The second-order valence-electron chi connectivity index (χ2n) is 11.4. The standard InChI is InChI=1S/C27H33N5O4/c1-25(2)10-8-16(9-11-25)21-20(32-23(33)22-29-15-18(14-28)30-22)7-6-19(31-21)17-12-26(3,4)36-27(5,13-17)24(34)35/h6-8,15,17H,9-13H2,1-5H3,(H,29,30)(H,32,33)(H,34,35)/t17?,27-/m1/s1. The Morgan fingerprint density at radius 3 is 2.56 bits per heavy atom. The van der Waals surface area contributed by atoms with E-state index in [9.17, 15) is 14.7 Å². The minimum Gasteiger partial charge on any atom is -0.479 e. The van der Waals surface area contributed by atoms with Crippen LogP contribution in [0.1, 0.15) is 100 Å². The van der Waals surface area contributed by atoms with E-state index < -0.39 is 23.1 Å². The molecule has 3 N–H and O–H groups in total. The van der Waals surface area contributed by atoms with Gasteiger partial charge < -0.3 is 20.1 Å². The molecule has 1 fully saturated rings. The molecular formula is C27H33N5O4. The van der Waals surface area contributed by atoms with Crippen molar-refractivity contribution in [1.29, 1.82) is 5.26 Å². The summed E-state index contributed by atoms with van der Waals surface area (Å²) in [4.78, 5) is 36.6. The third-order valence-electron chi connectivity index (χ3n) is 7.09. The van der Waals surface area contributed by atoms with Crippen LogP contribution in [0.25, 0.3) is 5.57 Å². The second kappa shape index (κ2) is 9.17. The van der Waals surface area contributed by atoms with Crippen LogP contribution in [-0.2, 0) is 9.53 Å². The predicted molar refractivity (Wildman–Crippen MR) is 134 cm³/mol. The van der Waals surface area contributed by atoms with E-state index in [4.69, 9.17) is 15.0 Å². The van der Waals surface area contributed by atoms with Crippen LogP contribution in [0.2, 0.25) is 0 Å². The van der Waals surface area contributed by atoms with Crippen LogP contribution in [0.3, 0.4) is 0 Å². The molecule has 2 aromatic heterocycles. The summed E-state index contributed by atoms with van der Waals surface area (Å²) in [6.07, 6.45) is 7.20. The fourth-order valence-corrected chi connectivity index (χ4v) is 5.18. The number of H-pyrrole nitrogens is 1. The Balaban J connectivity index is 1.71. The lowest BCUT2D eigenvalue weighted by Gasteiger charge is -2.44. The number of pyridine rings is 1. The molecule has 1 aliphatic heterocycles. The van der Waals surface area contributed by atoms with Gasteiger partial charge in [-0.2, -0.15) is 5.26 Å². The first-order chi connectivity index (χ1) is 16.8. The molecule has 9 nitrogen and oxygen atoms in total. The fourth-order valence-electron chi connectivity index (χ4n) is 5.18. The minimum atomic E-state index is -1.31. The van der Waals surface area contributed by atoms with Crippen molar-refractivity contribution >= 4 is 23.1 Å². The summed E-state index contributed by atoms with van der Waals surface area (Å²) in [7, 11) is 0. The van der Waals surface area contributed by atoms with E-state index in [1.165, 1.54) is 6.20 Å². The van der Waals surface area contributed by atoms with Crippen molar-refractivity contribution in [2.75, 3.05) is 5.32 Å². The maximum Gasteiger partial charge on any atom is 0.335 e. The summed E-state index contributed by atoms with van der Waals surface area (Å²) < 4.78 is 5.95. The van der Waals surface area contributed by atoms with Gasteiger partial charge in [-0.3, -0.25) is 9.78 Å². The van der Waals surface area contributed by atoms with E-state index >= 15 is 0 Å². The van der Waals surface area contributed by atoms with Crippen LogP contribution in [0.4, 0.5) is 5.69 Å². The van der Waals surface area contributed by atoms with E-state index in [2.05, 4.69) is 35.2 Å². The number of aromatic nitrogens is 3. The number of aromatic amines is 1. The maximum atomic E-state index is 12.9. The van der Waals surface area contributed by atoms with Gasteiger partial charge in [-0.1, -0.05) is 19.9 Å². The number of nitrogens with one attached hydrogen (secondary N) is 2. The van der Waals surface area contributed by atoms with Crippen LogP contribution in [-0.4, -0.2) is 43.1 Å². The quantitative estimate of drug-likeness (QED) is 0.532. The number of imidazole rings is 1. The van der Waals surface area contributed by atoms with E-state index in [0.29, 0.717) is 24.2 Å². The van der Waals surface area contributed by atoms with Crippen LogP contribution >= 0.6 is 0 Å². The molecule has 2 atom stereocenters. The number of allylic oxidation sites excluding steroid dienone is 2. The van der Waals surface area contributed by atoms with Crippen LogP contribution in [0, 0.1) is 16.7 Å².